The van der Waals surface area contributed by atoms with Crippen LogP contribution in [0.15, 0.2) is 18.2 Å². The number of fused-ring (bicyclic) bond motifs is 1. The summed E-state index contributed by atoms with van der Waals surface area (Å²) < 4.78 is 5.32. The highest BCUT2D eigenvalue weighted by Gasteiger charge is 2.17. The Labute approximate surface area is 137 Å². The van der Waals surface area contributed by atoms with Gasteiger partial charge in [-0.05, 0) is 24.6 Å². The van der Waals surface area contributed by atoms with Gasteiger partial charge in [0, 0.05) is 12.1 Å². The van der Waals surface area contributed by atoms with Gasteiger partial charge in [-0.1, -0.05) is 45.4 Å². The average molecular weight is 318 g/mol. The number of amides is 2. The van der Waals surface area contributed by atoms with Crippen molar-refractivity contribution >= 4 is 17.5 Å². The fourth-order valence-corrected chi connectivity index (χ4v) is 2.60. The highest BCUT2D eigenvalue weighted by molar-refractivity contribution is 5.98. The molecule has 0 radical (unpaired) electrons. The first-order valence-corrected chi connectivity index (χ1v) is 8.55. The predicted octanol–water partition coefficient (Wildman–Crippen LogP) is 3.50. The maximum Gasteiger partial charge on any atom is 0.262 e. The van der Waals surface area contributed by atoms with Crippen LogP contribution in [0.1, 0.15) is 62.2 Å². The SMILES string of the molecule is CCCCCCCCCNC(=O)c1ccc2c(c1)OCC(=O)N2. The topological polar surface area (TPSA) is 67.4 Å². The molecule has 2 N–H and O–H groups in total. The third-order valence-corrected chi connectivity index (χ3v) is 3.94. The highest BCUT2D eigenvalue weighted by atomic mass is 16.5. The van der Waals surface area contributed by atoms with Crippen molar-refractivity contribution in [2.45, 2.75) is 51.9 Å². The van der Waals surface area contributed by atoms with E-state index in [1.165, 1.54) is 32.1 Å². The zero-order chi connectivity index (χ0) is 16.5. The number of unbranched alkanes of at least 4 members (excludes halogenated alkanes) is 6. The molecule has 0 saturated carbocycles. The Morgan fingerprint density at radius 1 is 1.17 bits per heavy atom. The summed E-state index contributed by atoms with van der Waals surface area (Å²) in [7, 11) is 0. The van der Waals surface area contributed by atoms with Crippen molar-refractivity contribution < 1.29 is 14.3 Å². The Hall–Kier alpha value is -2.04. The molecule has 0 aromatic heterocycles. The van der Waals surface area contributed by atoms with Crippen LogP contribution in [0.4, 0.5) is 5.69 Å². The number of carbonyl (C=O) groups is 2. The van der Waals surface area contributed by atoms with Gasteiger partial charge in [-0.15, -0.1) is 0 Å². The van der Waals surface area contributed by atoms with Crippen molar-refractivity contribution in [1.82, 2.24) is 5.32 Å². The van der Waals surface area contributed by atoms with E-state index < -0.39 is 0 Å². The zero-order valence-electron chi connectivity index (χ0n) is 13.8. The van der Waals surface area contributed by atoms with Crippen LogP contribution in [0.2, 0.25) is 0 Å². The van der Waals surface area contributed by atoms with Crippen LogP contribution in [-0.2, 0) is 4.79 Å². The molecular formula is C18H26N2O3. The van der Waals surface area contributed by atoms with Gasteiger partial charge in [0.15, 0.2) is 6.61 Å². The Balaban J connectivity index is 1.69. The number of benzene rings is 1. The number of anilines is 1. The molecule has 0 aliphatic carbocycles. The Kier molecular flexibility index (Phi) is 6.91. The molecule has 2 rings (SSSR count). The fourth-order valence-electron chi connectivity index (χ4n) is 2.60. The molecule has 0 unspecified atom stereocenters. The monoisotopic (exact) mass is 318 g/mol. The minimum absolute atomic E-state index is 0.00387. The lowest BCUT2D eigenvalue weighted by atomic mass is 10.1. The normalized spacial score (nSPS) is 13.0. The van der Waals surface area contributed by atoms with E-state index in [0.717, 1.165) is 12.8 Å². The van der Waals surface area contributed by atoms with E-state index in [2.05, 4.69) is 17.6 Å². The largest absolute Gasteiger partial charge is 0.482 e. The molecule has 1 aliphatic rings. The quantitative estimate of drug-likeness (QED) is 0.685. The van der Waals surface area contributed by atoms with Crippen LogP contribution < -0.4 is 15.4 Å². The number of nitrogens with one attached hydrogen (secondary N) is 2. The van der Waals surface area contributed by atoms with E-state index in [0.29, 0.717) is 23.5 Å². The molecule has 126 valence electrons. The van der Waals surface area contributed by atoms with Crippen LogP contribution in [0, 0.1) is 0 Å². The molecule has 5 nitrogen and oxygen atoms in total. The van der Waals surface area contributed by atoms with Gasteiger partial charge in [-0.2, -0.15) is 0 Å². The molecule has 0 fully saturated rings. The summed E-state index contributed by atoms with van der Waals surface area (Å²) in [4.78, 5) is 23.3. The number of carbonyl (C=O) groups excluding carboxylic acids is 2. The minimum Gasteiger partial charge on any atom is -0.482 e. The van der Waals surface area contributed by atoms with Crippen molar-refractivity contribution in [2.24, 2.45) is 0 Å². The van der Waals surface area contributed by atoms with Crippen molar-refractivity contribution in [1.29, 1.82) is 0 Å². The van der Waals surface area contributed by atoms with Gasteiger partial charge in [-0.25, -0.2) is 0 Å². The summed E-state index contributed by atoms with van der Waals surface area (Å²) in [5.74, 6) is 0.279. The van der Waals surface area contributed by atoms with E-state index in [-0.39, 0.29) is 18.4 Å². The summed E-state index contributed by atoms with van der Waals surface area (Å²) in [6.07, 6.45) is 8.59. The number of hydrogen-bond acceptors (Lipinski definition) is 3. The predicted molar refractivity (Wildman–Crippen MR) is 90.9 cm³/mol. The summed E-state index contributed by atoms with van der Waals surface area (Å²) in [6.45, 7) is 2.91. The fraction of sp³-hybridized carbons (Fsp3) is 0.556. The Morgan fingerprint density at radius 2 is 1.91 bits per heavy atom. The maximum absolute atomic E-state index is 12.1. The minimum atomic E-state index is -0.173. The van der Waals surface area contributed by atoms with Gasteiger partial charge in [-0.3, -0.25) is 9.59 Å². The second kappa shape index (κ2) is 9.18. The molecule has 0 atom stereocenters. The van der Waals surface area contributed by atoms with E-state index in [4.69, 9.17) is 4.74 Å². The molecule has 1 aromatic carbocycles. The molecule has 0 saturated heterocycles. The summed E-state index contributed by atoms with van der Waals surface area (Å²) in [5, 5.41) is 5.65. The lowest BCUT2D eigenvalue weighted by Gasteiger charge is -2.18. The van der Waals surface area contributed by atoms with Crippen molar-refractivity contribution in [3.05, 3.63) is 23.8 Å². The molecule has 2 amide bonds. The molecule has 1 aliphatic heterocycles. The Bertz CT molecular complexity index is 543. The van der Waals surface area contributed by atoms with Gasteiger partial charge < -0.3 is 15.4 Å². The summed E-state index contributed by atoms with van der Waals surface area (Å²) in [5.41, 5.74) is 1.17. The first-order chi connectivity index (χ1) is 11.2. The van der Waals surface area contributed by atoms with Gasteiger partial charge >= 0.3 is 0 Å². The molecular weight excluding hydrogens is 292 g/mol. The van der Waals surface area contributed by atoms with E-state index in [1.807, 2.05) is 0 Å². The van der Waals surface area contributed by atoms with Crippen LogP contribution in [0.3, 0.4) is 0 Å². The van der Waals surface area contributed by atoms with Crippen molar-refractivity contribution in [3.8, 4) is 5.75 Å². The first-order valence-electron chi connectivity index (χ1n) is 8.55. The van der Waals surface area contributed by atoms with Crippen molar-refractivity contribution in [2.75, 3.05) is 18.5 Å². The van der Waals surface area contributed by atoms with Gasteiger partial charge in [0.2, 0.25) is 0 Å². The van der Waals surface area contributed by atoms with Gasteiger partial charge in [0.1, 0.15) is 5.75 Å². The Morgan fingerprint density at radius 3 is 2.70 bits per heavy atom. The standard InChI is InChI=1S/C18H26N2O3/c1-2-3-4-5-6-7-8-11-19-18(22)14-9-10-15-16(12-14)23-13-17(21)20-15/h9-10,12H,2-8,11,13H2,1H3,(H,19,22)(H,20,21). The lowest BCUT2D eigenvalue weighted by Crippen LogP contribution is -2.27. The van der Waals surface area contributed by atoms with Gasteiger partial charge in [0.25, 0.3) is 11.8 Å². The van der Waals surface area contributed by atoms with Crippen LogP contribution in [-0.4, -0.2) is 25.0 Å². The van der Waals surface area contributed by atoms with E-state index in [9.17, 15) is 9.59 Å². The second-order valence-corrected chi connectivity index (χ2v) is 5.93. The summed E-state index contributed by atoms with van der Waals surface area (Å²) >= 11 is 0. The number of rotatable bonds is 9. The number of hydrogen-bond donors (Lipinski definition) is 2. The lowest BCUT2D eigenvalue weighted by molar-refractivity contribution is -0.118. The molecule has 1 heterocycles. The van der Waals surface area contributed by atoms with Crippen molar-refractivity contribution in [3.63, 3.8) is 0 Å². The van der Waals surface area contributed by atoms with Crippen LogP contribution in [0.5, 0.6) is 5.75 Å². The zero-order valence-corrected chi connectivity index (χ0v) is 13.8. The third kappa shape index (κ3) is 5.58. The smallest absolute Gasteiger partial charge is 0.262 e. The van der Waals surface area contributed by atoms with E-state index >= 15 is 0 Å². The molecule has 5 heteroatoms. The average Bonchev–Trinajstić information content (AvgIpc) is 2.56. The maximum atomic E-state index is 12.1. The van der Waals surface area contributed by atoms with E-state index in [1.54, 1.807) is 18.2 Å². The number of ether oxygens (including phenoxy) is 1. The highest BCUT2D eigenvalue weighted by Crippen LogP contribution is 2.28. The first kappa shape index (κ1) is 17.3. The second-order valence-electron chi connectivity index (χ2n) is 5.93. The summed E-state index contributed by atoms with van der Waals surface area (Å²) in [6, 6.07) is 5.08. The van der Waals surface area contributed by atoms with Crippen LogP contribution in [0.25, 0.3) is 0 Å². The third-order valence-electron chi connectivity index (χ3n) is 3.94. The molecule has 0 spiro atoms. The molecule has 23 heavy (non-hydrogen) atoms. The van der Waals surface area contributed by atoms with Gasteiger partial charge in [0.05, 0.1) is 5.69 Å². The van der Waals surface area contributed by atoms with Crippen LogP contribution >= 0.6 is 0 Å². The molecule has 1 aromatic rings. The molecule has 0 bridgehead atoms.